The molecule has 0 unspecified atom stereocenters. The second-order valence-corrected chi connectivity index (χ2v) is 1.97. The summed E-state index contributed by atoms with van der Waals surface area (Å²) in [6.45, 7) is 3.89. The zero-order chi connectivity index (χ0) is 14.3. The van der Waals surface area contributed by atoms with Gasteiger partial charge in [-0.2, -0.15) is 0 Å². The second-order valence-electron chi connectivity index (χ2n) is 1.97. The van der Waals surface area contributed by atoms with Crippen molar-refractivity contribution in [3.8, 4) is 0 Å². The Hall–Kier alpha value is -0.690. The molecule has 0 fully saturated rings. The van der Waals surface area contributed by atoms with Crippen molar-refractivity contribution < 1.29 is 69.2 Å². The van der Waals surface area contributed by atoms with Gasteiger partial charge in [-0.05, 0) is 27.7 Å². The molecule has 0 aromatic carbocycles. The minimum atomic E-state index is -1.08. The average molecular weight is 290 g/mol. The van der Waals surface area contributed by atoms with Crippen LogP contribution in [-0.4, -0.2) is 23.9 Å². The van der Waals surface area contributed by atoms with Gasteiger partial charge in [-0.25, -0.2) is 0 Å². The molecule has 0 aliphatic carbocycles. The van der Waals surface area contributed by atoms with Gasteiger partial charge in [-0.3, -0.25) is 0 Å². The summed E-state index contributed by atoms with van der Waals surface area (Å²) in [5.74, 6) is -4.33. The van der Waals surface area contributed by atoms with Crippen molar-refractivity contribution in [2.75, 3.05) is 0 Å². The third-order valence-corrected chi connectivity index (χ3v) is 0. The summed E-state index contributed by atoms with van der Waals surface area (Å²) in [4.78, 5) is 35.6. The first-order valence-electron chi connectivity index (χ1n) is 3.63. The molecule has 0 aromatic rings. The van der Waals surface area contributed by atoms with Gasteiger partial charge in [0.1, 0.15) is 0 Å². The van der Waals surface area contributed by atoms with Crippen LogP contribution >= 0.6 is 9.90 Å². The van der Waals surface area contributed by atoms with Gasteiger partial charge in [0.25, 0.3) is 0 Å². The van der Waals surface area contributed by atoms with Crippen LogP contribution in [-0.2, 0) is 19.2 Å². The van der Waals surface area contributed by atoms with Crippen LogP contribution in [0.4, 0.5) is 0 Å². The monoisotopic (exact) mass is 290 g/mol. The van der Waals surface area contributed by atoms with E-state index in [4.69, 9.17) is 39.6 Å². The molecule has 0 amide bonds. The van der Waals surface area contributed by atoms with Crippen LogP contribution in [0.1, 0.15) is 27.7 Å². The van der Waals surface area contributed by atoms with Crippen LogP contribution < -0.4 is 50.0 Å². The summed E-state index contributed by atoms with van der Waals surface area (Å²) in [6.07, 6.45) is 0. The number of aliphatic carboxylic acids is 4. The second kappa shape index (κ2) is 29.9. The molecule has 0 atom stereocenters. The maximum Gasteiger partial charge on any atom is 3.00 e. The molecule has 0 aliphatic heterocycles. The van der Waals surface area contributed by atoms with E-state index in [1.54, 1.807) is 0 Å². The number of carbonyl (C=O) groups is 4. The van der Waals surface area contributed by atoms with Gasteiger partial charge in [-0.1, -0.05) is 0 Å². The Kier molecular flexibility index (Phi) is 59.8. The first-order valence-corrected chi connectivity index (χ1v) is 3.63. The van der Waals surface area contributed by atoms with E-state index in [1.807, 2.05) is 0 Å². The van der Waals surface area contributed by atoms with Gasteiger partial charge in [0, 0.05) is 23.9 Å². The molecule has 0 saturated carbocycles. The zero-order valence-corrected chi connectivity index (χ0v) is 13.6. The van der Waals surface area contributed by atoms with Crippen LogP contribution in [0.15, 0.2) is 0 Å². The molecule has 0 spiro atoms. The summed E-state index contributed by atoms with van der Waals surface area (Å²) in [5, 5.41) is 35.6. The van der Waals surface area contributed by atoms with Gasteiger partial charge >= 0.3 is 39.5 Å². The van der Waals surface area contributed by atoms with Crippen molar-refractivity contribution >= 4 is 33.8 Å². The Morgan fingerprint density at radius 3 is 0.556 bits per heavy atom. The molecule has 0 aliphatic rings. The Bertz CT molecular complexity index is 167. The molecule has 0 aromatic heterocycles. The third-order valence-electron chi connectivity index (χ3n) is 0. The summed E-state index contributed by atoms with van der Waals surface area (Å²) < 4.78 is 0. The van der Waals surface area contributed by atoms with E-state index in [1.165, 1.54) is 0 Å². The number of carboxylic acids is 4. The third kappa shape index (κ3) is 6590. The largest absolute Gasteiger partial charge is 3.00 e. The first kappa shape index (κ1) is 36.0. The Morgan fingerprint density at radius 2 is 0.556 bits per heavy atom. The summed E-state index contributed by atoms with van der Waals surface area (Å²) >= 11 is 0. The Morgan fingerprint density at radius 1 is 0.556 bits per heavy atom. The number of hydrogen-bond acceptors (Lipinski definition) is 8. The fraction of sp³-hybridized carbons (Fsp3) is 0.500. The predicted molar refractivity (Wildman–Crippen MR) is 49.6 cm³/mol. The van der Waals surface area contributed by atoms with Crippen LogP contribution in [0.5, 0.6) is 0 Å². The SMILES string of the molecule is CC(=O)[O-].CC(=O)[O-].CC(=O)[O-].CC(=O)[O-].[Na+].[P+3]. The van der Waals surface area contributed by atoms with E-state index in [0.717, 1.165) is 27.7 Å². The number of rotatable bonds is 0. The van der Waals surface area contributed by atoms with E-state index < -0.39 is 23.9 Å². The van der Waals surface area contributed by atoms with Crippen LogP contribution in [0.2, 0.25) is 0 Å². The molecule has 10 heteroatoms. The van der Waals surface area contributed by atoms with Gasteiger partial charge in [0.05, 0.1) is 0 Å². The van der Waals surface area contributed by atoms with Crippen molar-refractivity contribution in [2.24, 2.45) is 0 Å². The van der Waals surface area contributed by atoms with E-state index in [0.29, 0.717) is 0 Å². The quantitative estimate of drug-likeness (QED) is 0.314. The predicted octanol–water partition coefficient (Wildman–Crippen LogP) is -7.11. The fourth-order valence-electron chi connectivity index (χ4n) is 0. The maximum absolute atomic E-state index is 8.89. The summed E-state index contributed by atoms with van der Waals surface area (Å²) in [7, 11) is 0. The summed E-state index contributed by atoms with van der Waals surface area (Å²) in [6, 6.07) is 0. The number of hydrogen-bond donors (Lipinski definition) is 0. The number of carbonyl (C=O) groups excluding carboxylic acids is 4. The zero-order valence-electron chi connectivity index (χ0n) is 10.7. The van der Waals surface area contributed by atoms with Crippen molar-refractivity contribution in [2.45, 2.75) is 27.7 Å². The molecule has 18 heavy (non-hydrogen) atoms. The first-order chi connectivity index (χ1) is 6.93. The molecule has 0 N–H and O–H groups in total. The van der Waals surface area contributed by atoms with Crippen molar-refractivity contribution in [3.63, 3.8) is 0 Å². The summed E-state index contributed by atoms with van der Waals surface area (Å²) in [5.41, 5.74) is 0. The molecule has 0 rings (SSSR count). The molecular weight excluding hydrogens is 278 g/mol. The molecule has 0 saturated heterocycles. The minimum Gasteiger partial charge on any atom is -0.550 e. The van der Waals surface area contributed by atoms with E-state index in [2.05, 4.69) is 0 Å². The Balaban J connectivity index is -0.0000000257. The molecular formula is C8H12NaO8P. The number of carboxylic acid groups (broad SMARTS) is 4. The van der Waals surface area contributed by atoms with Gasteiger partial charge < -0.3 is 39.6 Å². The molecule has 0 heterocycles. The molecule has 8 nitrogen and oxygen atoms in total. The standard InChI is InChI=1S/4C2H4O2.Na.P/c4*1-2(3)4;;/h4*1H3,(H,3,4);;/q;;;;+1;+3/p-4. The van der Waals surface area contributed by atoms with Gasteiger partial charge in [0.15, 0.2) is 0 Å². The van der Waals surface area contributed by atoms with Crippen LogP contribution in [0.25, 0.3) is 0 Å². The minimum absolute atomic E-state index is 0. The van der Waals surface area contributed by atoms with Crippen molar-refractivity contribution in [1.29, 1.82) is 0 Å². The van der Waals surface area contributed by atoms with E-state index in [9.17, 15) is 0 Å². The van der Waals surface area contributed by atoms with Gasteiger partial charge in [0.2, 0.25) is 0 Å². The van der Waals surface area contributed by atoms with Crippen LogP contribution in [0, 0.1) is 0 Å². The molecule has 2 radical (unpaired) electrons. The fourth-order valence-corrected chi connectivity index (χ4v) is 0. The maximum atomic E-state index is 8.89. The molecule has 0 bridgehead atoms. The average Bonchev–Trinajstić information content (AvgIpc) is 1.76. The van der Waals surface area contributed by atoms with Gasteiger partial charge in [-0.15, -0.1) is 0 Å². The smallest absolute Gasteiger partial charge is 0.550 e. The molecule has 98 valence electrons. The normalized spacial score (nSPS) is 5.56. The van der Waals surface area contributed by atoms with Crippen LogP contribution in [0.3, 0.4) is 0 Å². The van der Waals surface area contributed by atoms with E-state index >= 15 is 0 Å². The van der Waals surface area contributed by atoms with Crippen molar-refractivity contribution in [1.82, 2.24) is 0 Å². The van der Waals surface area contributed by atoms with E-state index in [-0.39, 0.29) is 39.5 Å². The van der Waals surface area contributed by atoms with Crippen molar-refractivity contribution in [3.05, 3.63) is 0 Å². The Labute approximate surface area is 130 Å². The topological polar surface area (TPSA) is 161 Å².